The summed E-state index contributed by atoms with van der Waals surface area (Å²) in [5.41, 5.74) is 2.19. The van der Waals surface area contributed by atoms with Crippen LogP contribution in [-0.4, -0.2) is 41.8 Å². The van der Waals surface area contributed by atoms with E-state index in [-0.39, 0.29) is 28.9 Å². The molecule has 0 saturated carbocycles. The second-order valence-electron chi connectivity index (χ2n) is 15.3. The number of esters is 2. The highest BCUT2D eigenvalue weighted by Gasteiger charge is 2.42. The molecule has 0 aromatic heterocycles. The van der Waals surface area contributed by atoms with Gasteiger partial charge in [0.25, 0.3) is 16.6 Å². The van der Waals surface area contributed by atoms with Gasteiger partial charge in [-0.15, -0.1) is 0 Å². The molecule has 0 bridgehead atoms. The summed E-state index contributed by atoms with van der Waals surface area (Å²) < 4.78 is 25.2. The molecule has 0 heterocycles. The molecule has 8 heteroatoms. The first kappa shape index (κ1) is 36.9. The Labute approximate surface area is 288 Å². The summed E-state index contributed by atoms with van der Waals surface area (Å²) in [4.78, 5) is 26.6. The second-order valence-corrected chi connectivity index (χ2v) is 24.7. The number of ether oxygens (including phenoxy) is 2. The average Bonchev–Trinajstić information content (AvgIpc) is 2.99. The van der Waals surface area contributed by atoms with E-state index >= 15 is 0 Å². The molecule has 0 radical (unpaired) electrons. The molecule has 0 amide bonds. The Morgan fingerprint density at radius 2 is 1.12 bits per heavy atom. The zero-order valence-electron chi connectivity index (χ0n) is 30.8. The lowest BCUT2D eigenvalue weighted by Gasteiger charge is -2.39. The topological polar surface area (TPSA) is 71.1 Å². The van der Waals surface area contributed by atoms with Crippen molar-refractivity contribution in [2.45, 2.75) is 91.7 Å². The van der Waals surface area contributed by atoms with E-state index < -0.39 is 28.6 Å². The number of fused-ring (bicyclic) bond motifs is 2. The van der Waals surface area contributed by atoms with E-state index in [9.17, 15) is 9.59 Å². The molecule has 0 saturated heterocycles. The molecular formula is C40H52O6Si2. The third-order valence-corrected chi connectivity index (χ3v) is 18.5. The standard InChI is InChI=1S/C40H52O6Si2/c1-13-43-37(41)32(38(42)44-14-2)26-29-25-28-20-16-18-22-31(28)35(36(29)46-48(11,12)40(6,7)8)34-30-21-17-15-19-27(30)23-24-33(34)45-47(9,10)39(3,4)5/h15-26H,13-14H2,1-12H3. The number of benzene rings is 4. The van der Waals surface area contributed by atoms with Crippen molar-refractivity contribution in [2.24, 2.45) is 0 Å². The van der Waals surface area contributed by atoms with Crippen LogP contribution in [0.15, 0.2) is 72.3 Å². The van der Waals surface area contributed by atoms with E-state index in [0.717, 1.165) is 38.4 Å². The van der Waals surface area contributed by atoms with Crippen LogP contribution in [0.3, 0.4) is 0 Å². The monoisotopic (exact) mass is 684 g/mol. The molecule has 4 rings (SSSR count). The van der Waals surface area contributed by atoms with Crippen molar-refractivity contribution >= 4 is 56.2 Å². The number of rotatable bonds is 10. The molecule has 4 aromatic carbocycles. The third kappa shape index (κ3) is 7.55. The molecule has 0 spiro atoms. The van der Waals surface area contributed by atoms with Crippen molar-refractivity contribution in [1.29, 1.82) is 0 Å². The highest BCUT2D eigenvalue weighted by atomic mass is 28.4. The summed E-state index contributed by atoms with van der Waals surface area (Å²) in [6.45, 7) is 25.9. The molecular weight excluding hydrogens is 633 g/mol. The fraction of sp³-hybridized carbons (Fsp3) is 0.400. The van der Waals surface area contributed by atoms with Gasteiger partial charge in [-0.2, -0.15) is 0 Å². The van der Waals surface area contributed by atoms with E-state index in [1.54, 1.807) is 19.9 Å². The minimum atomic E-state index is -2.52. The average molecular weight is 685 g/mol. The summed E-state index contributed by atoms with van der Waals surface area (Å²) >= 11 is 0. The molecule has 6 nitrogen and oxygen atoms in total. The maximum Gasteiger partial charge on any atom is 0.345 e. The number of carbonyl (C=O) groups excluding carboxylic acids is 2. The number of hydrogen-bond acceptors (Lipinski definition) is 6. The van der Waals surface area contributed by atoms with E-state index in [4.69, 9.17) is 18.3 Å². The van der Waals surface area contributed by atoms with Crippen molar-refractivity contribution in [1.82, 2.24) is 0 Å². The lowest BCUT2D eigenvalue weighted by Crippen LogP contribution is -2.44. The summed E-state index contributed by atoms with van der Waals surface area (Å²) in [6.07, 6.45) is 1.58. The zero-order valence-corrected chi connectivity index (χ0v) is 32.8. The van der Waals surface area contributed by atoms with Gasteiger partial charge in [-0.3, -0.25) is 0 Å². The summed E-state index contributed by atoms with van der Waals surface area (Å²) in [6, 6.07) is 22.6. The Morgan fingerprint density at radius 3 is 1.65 bits per heavy atom. The van der Waals surface area contributed by atoms with Crippen LogP contribution in [0.4, 0.5) is 0 Å². The van der Waals surface area contributed by atoms with E-state index in [1.165, 1.54) is 0 Å². The maximum absolute atomic E-state index is 13.3. The Hall–Kier alpha value is -3.89. The normalized spacial score (nSPS) is 12.5. The van der Waals surface area contributed by atoms with Crippen molar-refractivity contribution < 1.29 is 27.9 Å². The molecule has 0 unspecified atom stereocenters. The molecule has 0 fully saturated rings. The van der Waals surface area contributed by atoms with E-state index in [2.05, 4.69) is 98.1 Å². The first-order chi connectivity index (χ1) is 22.3. The van der Waals surface area contributed by atoms with Gasteiger partial charge in [0.2, 0.25) is 0 Å². The number of carbonyl (C=O) groups is 2. The lowest BCUT2D eigenvalue weighted by atomic mass is 9.90. The predicted molar refractivity (Wildman–Crippen MR) is 204 cm³/mol. The Kier molecular flexibility index (Phi) is 10.7. The molecule has 48 heavy (non-hydrogen) atoms. The van der Waals surface area contributed by atoms with Gasteiger partial charge >= 0.3 is 11.9 Å². The highest BCUT2D eigenvalue weighted by molar-refractivity contribution is 6.75. The SMILES string of the molecule is CCOC(=O)C(=Cc1cc2ccccc2c(-c2c(O[Si](C)(C)C(C)(C)C)ccc3ccccc23)c1O[Si](C)(C)C(C)(C)C)C(=O)OCC. The highest BCUT2D eigenvalue weighted by Crippen LogP contribution is 2.51. The van der Waals surface area contributed by atoms with Crippen LogP contribution in [-0.2, 0) is 19.1 Å². The van der Waals surface area contributed by atoms with Gasteiger partial charge in [-0.1, -0.05) is 96.1 Å². The van der Waals surface area contributed by atoms with Crippen LogP contribution in [0.2, 0.25) is 36.3 Å². The summed E-state index contributed by atoms with van der Waals surface area (Å²) in [5, 5.41) is 3.81. The van der Waals surface area contributed by atoms with Crippen LogP contribution in [0.5, 0.6) is 11.5 Å². The summed E-state index contributed by atoms with van der Waals surface area (Å²) in [7, 11) is -4.83. The molecule has 0 aliphatic heterocycles. The number of hydrogen-bond donors (Lipinski definition) is 0. The third-order valence-electron chi connectivity index (χ3n) is 9.80. The second kappa shape index (κ2) is 13.9. The van der Waals surface area contributed by atoms with Gasteiger partial charge in [0.05, 0.1) is 13.2 Å². The summed E-state index contributed by atoms with van der Waals surface area (Å²) in [5.74, 6) is -0.0995. The maximum atomic E-state index is 13.3. The quantitative estimate of drug-likeness (QED) is 0.0544. The van der Waals surface area contributed by atoms with Gasteiger partial charge < -0.3 is 18.3 Å². The molecule has 4 aromatic rings. The fourth-order valence-electron chi connectivity index (χ4n) is 5.02. The smallest absolute Gasteiger partial charge is 0.345 e. The van der Waals surface area contributed by atoms with E-state index in [0.29, 0.717) is 11.3 Å². The van der Waals surface area contributed by atoms with Crippen molar-refractivity contribution in [3.63, 3.8) is 0 Å². The first-order valence-electron chi connectivity index (χ1n) is 16.8. The minimum Gasteiger partial charge on any atom is -0.543 e. The van der Waals surface area contributed by atoms with Crippen molar-refractivity contribution in [3.8, 4) is 22.6 Å². The molecule has 0 N–H and O–H groups in total. The van der Waals surface area contributed by atoms with E-state index in [1.807, 2.05) is 36.4 Å². The largest absolute Gasteiger partial charge is 0.543 e. The molecule has 256 valence electrons. The van der Waals surface area contributed by atoms with Gasteiger partial charge in [0, 0.05) is 16.7 Å². The van der Waals surface area contributed by atoms with Gasteiger partial charge in [0.1, 0.15) is 17.1 Å². The van der Waals surface area contributed by atoms with Crippen LogP contribution >= 0.6 is 0 Å². The Balaban J connectivity index is 2.26. The predicted octanol–water partition coefficient (Wildman–Crippen LogP) is 10.9. The van der Waals surface area contributed by atoms with Crippen LogP contribution in [0, 0.1) is 0 Å². The van der Waals surface area contributed by atoms with Gasteiger partial charge in [-0.05, 0) is 89.9 Å². The Bertz CT molecular complexity index is 1840. The first-order valence-corrected chi connectivity index (χ1v) is 22.7. The van der Waals surface area contributed by atoms with Crippen LogP contribution in [0.1, 0.15) is 61.0 Å². The van der Waals surface area contributed by atoms with Gasteiger partial charge in [-0.25, -0.2) is 9.59 Å². The molecule has 0 aliphatic carbocycles. The lowest BCUT2D eigenvalue weighted by molar-refractivity contribution is -0.146. The van der Waals surface area contributed by atoms with Gasteiger partial charge in [0.15, 0.2) is 0 Å². The van der Waals surface area contributed by atoms with Crippen molar-refractivity contribution in [3.05, 3.63) is 77.9 Å². The zero-order chi connectivity index (χ0) is 35.7. The van der Waals surface area contributed by atoms with Crippen molar-refractivity contribution in [2.75, 3.05) is 13.2 Å². The minimum absolute atomic E-state index is 0.0444. The van der Waals surface area contributed by atoms with Crippen LogP contribution in [0.25, 0.3) is 38.7 Å². The molecule has 0 aliphatic rings. The Morgan fingerprint density at radius 1 is 0.646 bits per heavy atom. The van der Waals surface area contributed by atoms with Crippen LogP contribution < -0.4 is 8.85 Å². The fourth-order valence-corrected chi connectivity index (χ4v) is 7.08. The molecule has 0 atom stereocenters.